The number of nitrogen functional groups attached to an aromatic ring is 1. The summed E-state index contributed by atoms with van der Waals surface area (Å²) < 4.78 is 13.1. The fourth-order valence-corrected chi connectivity index (χ4v) is 2.30. The van der Waals surface area contributed by atoms with Crippen molar-refractivity contribution in [3.8, 4) is 0 Å². The van der Waals surface area contributed by atoms with Gasteiger partial charge in [0.2, 0.25) is 0 Å². The van der Waals surface area contributed by atoms with Gasteiger partial charge >= 0.3 is 0 Å². The molecule has 0 aliphatic carbocycles. The number of Topliss-reactive ketones (excluding diaryl/α,β-unsaturated/α-hetero) is 1. The quantitative estimate of drug-likeness (QED) is 0.640. The number of halogens is 3. The molecular formula is C14H11Cl2FN2O. The van der Waals surface area contributed by atoms with Crippen LogP contribution in [0.3, 0.4) is 0 Å². The van der Waals surface area contributed by atoms with Gasteiger partial charge in [0, 0.05) is 16.9 Å². The lowest BCUT2D eigenvalue weighted by Crippen LogP contribution is -2.01. The highest BCUT2D eigenvalue weighted by Crippen LogP contribution is 2.34. The number of nitrogens with two attached hydrogens (primary N) is 1. The number of hydrogen-bond donors (Lipinski definition) is 2. The Morgan fingerprint density at radius 3 is 2.35 bits per heavy atom. The maximum Gasteiger partial charge on any atom is 0.161 e. The van der Waals surface area contributed by atoms with Gasteiger partial charge in [-0.1, -0.05) is 23.2 Å². The lowest BCUT2D eigenvalue weighted by atomic mass is 10.1. The Labute approximate surface area is 125 Å². The fraction of sp³-hybridized carbons (Fsp3) is 0.0714. The average molecular weight is 313 g/mol. The number of nitrogens with one attached hydrogen (secondary N) is 1. The van der Waals surface area contributed by atoms with Gasteiger partial charge in [-0.2, -0.15) is 0 Å². The van der Waals surface area contributed by atoms with Crippen molar-refractivity contribution < 1.29 is 9.18 Å². The second-order valence-corrected chi connectivity index (χ2v) is 5.04. The lowest BCUT2D eigenvalue weighted by Gasteiger charge is -2.12. The Bertz CT molecular complexity index is 666. The molecule has 2 aromatic carbocycles. The maximum atomic E-state index is 13.1. The molecule has 0 bridgehead atoms. The van der Waals surface area contributed by atoms with Gasteiger partial charge in [0.25, 0.3) is 0 Å². The van der Waals surface area contributed by atoms with Crippen LogP contribution in [0.15, 0.2) is 30.3 Å². The van der Waals surface area contributed by atoms with Gasteiger partial charge in [-0.25, -0.2) is 4.39 Å². The molecule has 0 aromatic heterocycles. The number of carbonyl (C=O) groups is 1. The minimum Gasteiger partial charge on any atom is -0.398 e. The first-order chi connectivity index (χ1) is 9.38. The molecular weight excluding hydrogens is 302 g/mol. The van der Waals surface area contributed by atoms with Gasteiger partial charge < -0.3 is 11.1 Å². The number of ketones is 1. The summed E-state index contributed by atoms with van der Waals surface area (Å²) in [5.41, 5.74) is 7.45. The Morgan fingerprint density at radius 2 is 1.80 bits per heavy atom. The number of anilines is 3. The van der Waals surface area contributed by atoms with Gasteiger partial charge in [-0.3, -0.25) is 4.79 Å². The molecule has 0 fully saturated rings. The number of benzene rings is 2. The van der Waals surface area contributed by atoms with E-state index in [-0.39, 0.29) is 15.8 Å². The van der Waals surface area contributed by atoms with E-state index in [0.29, 0.717) is 22.6 Å². The normalized spacial score (nSPS) is 10.4. The van der Waals surface area contributed by atoms with E-state index in [0.717, 1.165) is 12.1 Å². The van der Waals surface area contributed by atoms with E-state index in [1.807, 2.05) is 0 Å². The third-order valence-electron chi connectivity index (χ3n) is 2.71. The van der Waals surface area contributed by atoms with Crippen LogP contribution in [0.2, 0.25) is 10.0 Å². The van der Waals surface area contributed by atoms with Crippen LogP contribution in [0.25, 0.3) is 0 Å². The van der Waals surface area contributed by atoms with Crippen LogP contribution in [0.5, 0.6) is 0 Å². The van der Waals surface area contributed by atoms with Gasteiger partial charge in [0.1, 0.15) is 5.82 Å². The monoisotopic (exact) mass is 312 g/mol. The van der Waals surface area contributed by atoms with E-state index in [4.69, 9.17) is 28.9 Å². The molecule has 3 N–H and O–H groups in total. The minimum absolute atomic E-state index is 0.149. The Balaban J connectivity index is 2.41. The maximum absolute atomic E-state index is 13.1. The summed E-state index contributed by atoms with van der Waals surface area (Å²) in [6, 6.07) is 7.17. The third kappa shape index (κ3) is 3.03. The van der Waals surface area contributed by atoms with Crippen molar-refractivity contribution >= 4 is 46.0 Å². The van der Waals surface area contributed by atoms with Crippen LogP contribution in [-0.4, -0.2) is 5.78 Å². The summed E-state index contributed by atoms with van der Waals surface area (Å²) >= 11 is 11.9. The Kier molecular flexibility index (Phi) is 4.16. The molecule has 0 unspecified atom stereocenters. The second kappa shape index (κ2) is 5.69. The van der Waals surface area contributed by atoms with Crippen LogP contribution in [0.1, 0.15) is 17.3 Å². The van der Waals surface area contributed by atoms with Crippen LogP contribution in [0.4, 0.5) is 21.5 Å². The highest BCUT2D eigenvalue weighted by molar-refractivity contribution is 6.39. The molecule has 6 heteroatoms. The van der Waals surface area contributed by atoms with Gasteiger partial charge in [0.15, 0.2) is 5.78 Å². The van der Waals surface area contributed by atoms with Crippen molar-refractivity contribution in [1.29, 1.82) is 0 Å². The Hall–Kier alpha value is -1.78. The first kappa shape index (κ1) is 14.6. The van der Waals surface area contributed by atoms with E-state index in [2.05, 4.69) is 5.32 Å². The SMILES string of the molecule is CC(=O)c1cc(Nc2c(Cl)cc(F)cc2Cl)ccc1N. The van der Waals surface area contributed by atoms with E-state index >= 15 is 0 Å². The third-order valence-corrected chi connectivity index (χ3v) is 3.30. The molecule has 0 atom stereocenters. The summed E-state index contributed by atoms with van der Waals surface area (Å²) in [4.78, 5) is 11.4. The van der Waals surface area contributed by atoms with Crippen molar-refractivity contribution in [3.05, 3.63) is 51.8 Å². The van der Waals surface area contributed by atoms with Crippen molar-refractivity contribution in [1.82, 2.24) is 0 Å². The molecule has 0 aliphatic heterocycles. The molecule has 3 nitrogen and oxygen atoms in total. The van der Waals surface area contributed by atoms with E-state index in [1.54, 1.807) is 18.2 Å². The summed E-state index contributed by atoms with van der Waals surface area (Å²) in [6.45, 7) is 1.42. The second-order valence-electron chi connectivity index (χ2n) is 4.23. The highest BCUT2D eigenvalue weighted by Gasteiger charge is 2.11. The van der Waals surface area contributed by atoms with Crippen molar-refractivity contribution in [2.75, 3.05) is 11.1 Å². The number of carbonyl (C=O) groups excluding carboxylic acids is 1. The molecule has 0 saturated heterocycles. The molecule has 20 heavy (non-hydrogen) atoms. The van der Waals surface area contributed by atoms with Crippen LogP contribution in [0, 0.1) is 5.82 Å². The zero-order valence-corrected chi connectivity index (χ0v) is 12.0. The summed E-state index contributed by atoms with van der Waals surface area (Å²) in [6.07, 6.45) is 0. The highest BCUT2D eigenvalue weighted by atomic mass is 35.5. The lowest BCUT2D eigenvalue weighted by molar-refractivity contribution is 0.101. The van der Waals surface area contributed by atoms with Crippen LogP contribution >= 0.6 is 23.2 Å². The molecule has 0 heterocycles. The average Bonchev–Trinajstić information content (AvgIpc) is 2.35. The Morgan fingerprint density at radius 1 is 1.20 bits per heavy atom. The standard InChI is InChI=1S/C14H11Cl2FN2O/c1-7(20)10-6-9(2-3-13(10)18)19-14-11(15)4-8(17)5-12(14)16/h2-6,19H,18H2,1H3. The van der Waals surface area contributed by atoms with Crippen molar-refractivity contribution in [3.63, 3.8) is 0 Å². The molecule has 0 aliphatic rings. The summed E-state index contributed by atoms with van der Waals surface area (Å²) in [5.74, 6) is -0.672. The van der Waals surface area contributed by atoms with Gasteiger partial charge in [-0.05, 0) is 37.3 Å². The van der Waals surface area contributed by atoms with Crippen molar-refractivity contribution in [2.24, 2.45) is 0 Å². The smallest absolute Gasteiger partial charge is 0.161 e. The fourth-order valence-electron chi connectivity index (χ4n) is 1.74. The van der Waals surface area contributed by atoms with Gasteiger partial charge in [0.05, 0.1) is 15.7 Å². The number of rotatable bonds is 3. The molecule has 2 aromatic rings. The van der Waals surface area contributed by atoms with Gasteiger partial charge in [-0.15, -0.1) is 0 Å². The molecule has 0 radical (unpaired) electrons. The largest absolute Gasteiger partial charge is 0.398 e. The summed E-state index contributed by atoms with van der Waals surface area (Å²) in [7, 11) is 0. The topological polar surface area (TPSA) is 55.1 Å². The molecule has 0 spiro atoms. The molecule has 0 amide bonds. The predicted octanol–water partition coefficient (Wildman–Crippen LogP) is 4.66. The van der Waals surface area contributed by atoms with E-state index in [9.17, 15) is 9.18 Å². The predicted molar refractivity (Wildman–Crippen MR) is 80.6 cm³/mol. The first-order valence-corrected chi connectivity index (χ1v) is 6.46. The molecule has 2 rings (SSSR count). The van der Waals surface area contributed by atoms with E-state index in [1.165, 1.54) is 6.92 Å². The molecule has 104 valence electrons. The number of hydrogen-bond acceptors (Lipinski definition) is 3. The van der Waals surface area contributed by atoms with Crippen LogP contribution < -0.4 is 11.1 Å². The van der Waals surface area contributed by atoms with Crippen LogP contribution in [-0.2, 0) is 0 Å². The first-order valence-electron chi connectivity index (χ1n) is 5.70. The zero-order chi connectivity index (χ0) is 14.9. The summed E-state index contributed by atoms with van der Waals surface area (Å²) in [5, 5.41) is 3.25. The minimum atomic E-state index is -0.521. The van der Waals surface area contributed by atoms with E-state index < -0.39 is 5.82 Å². The zero-order valence-electron chi connectivity index (χ0n) is 10.5. The molecule has 0 saturated carbocycles. The van der Waals surface area contributed by atoms with Crippen molar-refractivity contribution in [2.45, 2.75) is 6.92 Å².